The zero-order valence-corrected chi connectivity index (χ0v) is 13.2. The van der Waals surface area contributed by atoms with Crippen molar-refractivity contribution in [2.24, 2.45) is 0 Å². The van der Waals surface area contributed by atoms with E-state index < -0.39 is 34.4 Å². The van der Waals surface area contributed by atoms with Gasteiger partial charge in [-0.25, -0.2) is 0 Å². The smallest absolute Gasteiger partial charge is 0.418 e. The highest BCUT2D eigenvalue weighted by atomic mass is 19.5. The van der Waals surface area contributed by atoms with Crippen LogP contribution in [0.2, 0.25) is 0 Å². The Labute approximate surface area is 148 Å². The summed E-state index contributed by atoms with van der Waals surface area (Å²) in [6.07, 6.45) is -3.41. The molecule has 0 aliphatic carbocycles. The molecule has 1 aromatic carbocycles. The van der Waals surface area contributed by atoms with E-state index in [9.17, 15) is 65.0 Å². The summed E-state index contributed by atoms with van der Waals surface area (Å²) in [6, 6.07) is 6.16. The Morgan fingerprint density at radius 3 is 1.07 bits per heavy atom. The van der Waals surface area contributed by atoms with Crippen molar-refractivity contribution in [2.45, 2.75) is 12.6 Å². The summed E-state index contributed by atoms with van der Waals surface area (Å²) in [5.41, 5.74) is 1.10. The number of benzene rings is 1. The monoisotopic (exact) mass is 447 g/mol. The molecule has 0 fully saturated rings. The van der Waals surface area contributed by atoms with Gasteiger partial charge in [0.1, 0.15) is 0 Å². The molecule has 0 bridgehead atoms. The fraction of sp³-hybridized carbons (Fsp3) is 0.200. The van der Waals surface area contributed by atoms with E-state index >= 15 is 0 Å². The largest absolute Gasteiger partial charge is 0.673 e. The molecule has 0 aliphatic heterocycles. The summed E-state index contributed by atoms with van der Waals surface area (Å²) >= 11 is 0. The van der Waals surface area contributed by atoms with Gasteiger partial charge in [0.2, 0.25) is 0 Å². The summed E-state index contributed by atoms with van der Waals surface area (Å²) in [5, 5.41) is 0. The van der Waals surface area contributed by atoms with E-state index in [2.05, 4.69) is 6.58 Å². The predicted octanol–water partition coefficient (Wildman–Crippen LogP) is 7.33. The quantitative estimate of drug-likeness (QED) is 0.329. The van der Waals surface area contributed by atoms with Gasteiger partial charge in [0.25, 0.3) is 0 Å². The van der Waals surface area contributed by atoms with Crippen molar-refractivity contribution < 1.29 is 65.0 Å². The van der Waals surface area contributed by atoms with Gasteiger partial charge >= 0.3 is 27.9 Å². The van der Waals surface area contributed by atoms with E-state index in [0.29, 0.717) is 0 Å². The van der Waals surface area contributed by atoms with Crippen LogP contribution in [-0.2, 0) is 6.42 Å². The van der Waals surface area contributed by atoms with Crippen LogP contribution in [0.4, 0.5) is 65.0 Å². The topological polar surface area (TPSA) is 0 Å². The molecule has 18 heteroatoms. The fourth-order valence-corrected chi connectivity index (χ4v) is 1.00. The second-order valence-electron chi connectivity index (χ2n) is 4.22. The highest BCUT2D eigenvalue weighted by Gasteiger charge is 2.27. The van der Waals surface area contributed by atoms with E-state index in [1.165, 1.54) is 12.1 Å². The van der Waals surface area contributed by atoms with Crippen LogP contribution < -0.4 is 0 Å². The first-order valence-electron chi connectivity index (χ1n) is 6.41. The third-order valence-corrected chi connectivity index (χ3v) is 1.62. The number of hydrogen-bond acceptors (Lipinski definition) is 0. The first kappa shape index (κ1) is 30.8. The Hall–Kier alpha value is -1.90. The van der Waals surface area contributed by atoms with Crippen molar-refractivity contribution in [3.8, 4) is 0 Å². The van der Waals surface area contributed by atoms with E-state index in [0.717, 1.165) is 5.56 Å². The maximum absolute atomic E-state index is 11.9. The molecule has 1 rings (SSSR count). The molecule has 0 radical (unpaired) electrons. The van der Waals surface area contributed by atoms with E-state index in [-0.39, 0.29) is 5.56 Å². The normalized spacial score (nSPS) is 11.7. The molecule has 0 aliphatic rings. The molecule has 0 saturated heterocycles. The number of hydrogen-bond donors (Lipinski definition) is 0. The average molecular weight is 447 g/mol. The van der Waals surface area contributed by atoms with Gasteiger partial charge in [-0.15, -0.1) is 0 Å². The fourth-order valence-electron chi connectivity index (χ4n) is 1.00. The molecule has 0 atom stereocenters. The van der Waals surface area contributed by atoms with Gasteiger partial charge in [0.15, 0.2) is 0 Å². The summed E-state index contributed by atoms with van der Waals surface area (Å²) in [5.74, 6) is 0. The SMILES string of the molecule is C=Cc1ccc(CC(F)(F)F)cc1.F[B-](F)(F)F.F[B-](F)(F)F.F[B-](F)(F)F. The van der Waals surface area contributed by atoms with Crippen LogP contribution in [0.25, 0.3) is 6.08 Å². The minimum Gasteiger partial charge on any atom is -0.418 e. The molecule has 166 valence electrons. The number of alkyl halides is 3. The van der Waals surface area contributed by atoms with Crippen molar-refractivity contribution in [2.75, 3.05) is 0 Å². The maximum Gasteiger partial charge on any atom is 0.673 e. The minimum absolute atomic E-state index is 0.276. The third-order valence-electron chi connectivity index (χ3n) is 1.62. The van der Waals surface area contributed by atoms with Crippen LogP contribution in [0.3, 0.4) is 0 Å². The lowest BCUT2D eigenvalue weighted by Crippen LogP contribution is -2.11. The van der Waals surface area contributed by atoms with Crippen LogP contribution in [-0.4, -0.2) is 27.9 Å². The zero-order valence-electron chi connectivity index (χ0n) is 13.2. The first-order chi connectivity index (χ1) is 12.0. The maximum atomic E-state index is 11.9. The highest BCUT2D eigenvalue weighted by Crippen LogP contribution is 2.21. The van der Waals surface area contributed by atoms with E-state index in [1.807, 2.05) is 0 Å². The van der Waals surface area contributed by atoms with Crippen LogP contribution in [0.5, 0.6) is 0 Å². The van der Waals surface area contributed by atoms with Gasteiger partial charge in [-0.1, -0.05) is 36.9 Å². The highest BCUT2D eigenvalue weighted by molar-refractivity contribution is 6.50. The van der Waals surface area contributed by atoms with Crippen LogP contribution in [0.15, 0.2) is 30.8 Å². The third kappa shape index (κ3) is 56.4. The first-order valence-corrected chi connectivity index (χ1v) is 6.41. The van der Waals surface area contributed by atoms with Crippen LogP contribution in [0, 0.1) is 0 Å². The molecule has 1 aromatic rings. The van der Waals surface area contributed by atoms with Crippen molar-refractivity contribution in [1.29, 1.82) is 0 Å². The standard InChI is InChI=1S/C10H9F3.3BF4/c1-2-8-3-5-9(6-4-8)7-10(11,12)13;3*2-1(3,4)5/h2-6H,1,7H2;;;/q;3*-1. The molecule has 0 amide bonds. The van der Waals surface area contributed by atoms with Gasteiger partial charge in [0.05, 0.1) is 6.42 Å². The Morgan fingerprint density at radius 1 is 0.643 bits per heavy atom. The molecule has 0 nitrogen and oxygen atoms in total. The van der Waals surface area contributed by atoms with Gasteiger partial charge in [0, 0.05) is 0 Å². The lowest BCUT2D eigenvalue weighted by molar-refractivity contribution is -0.127. The van der Waals surface area contributed by atoms with Gasteiger partial charge < -0.3 is 51.8 Å². The Morgan fingerprint density at radius 2 is 0.893 bits per heavy atom. The van der Waals surface area contributed by atoms with Crippen LogP contribution in [0.1, 0.15) is 11.1 Å². The van der Waals surface area contributed by atoms with Crippen molar-refractivity contribution in [3.05, 3.63) is 42.0 Å². The summed E-state index contributed by atoms with van der Waals surface area (Å²) in [6.45, 7) is 3.51. The lowest BCUT2D eigenvalue weighted by Gasteiger charge is -2.05. The lowest BCUT2D eigenvalue weighted by atomic mass is 10.1. The molecular formula is C10H9B3F15-3. The predicted molar refractivity (Wildman–Crippen MR) is 76.9 cm³/mol. The Bertz CT molecular complexity index is 479. The molecule has 0 spiro atoms. The second-order valence-corrected chi connectivity index (χ2v) is 4.22. The molecule has 0 saturated carbocycles. The summed E-state index contributed by atoms with van der Waals surface area (Å²) in [4.78, 5) is 0. The molecule has 0 unspecified atom stereocenters. The molecule has 0 aromatic heterocycles. The summed E-state index contributed by atoms with van der Waals surface area (Å²) < 4.78 is 153. The molecule has 28 heavy (non-hydrogen) atoms. The van der Waals surface area contributed by atoms with E-state index in [1.54, 1.807) is 18.2 Å². The zero-order chi connectivity index (χ0) is 23.4. The average Bonchev–Trinajstić information content (AvgIpc) is 2.31. The van der Waals surface area contributed by atoms with Crippen molar-refractivity contribution in [1.82, 2.24) is 0 Å². The number of rotatable bonds is 2. The van der Waals surface area contributed by atoms with Crippen molar-refractivity contribution in [3.63, 3.8) is 0 Å². The molecule has 0 heterocycles. The second kappa shape index (κ2) is 12.5. The summed E-state index contributed by atoms with van der Waals surface area (Å²) in [7, 11) is -18.0. The molecule has 0 N–H and O–H groups in total. The van der Waals surface area contributed by atoms with Crippen molar-refractivity contribution >= 4 is 27.8 Å². The Kier molecular flexibility index (Phi) is 13.8. The molecular weight excluding hydrogens is 438 g/mol. The van der Waals surface area contributed by atoms with Gasteiger partial charge in [-0.2, -0.15) is 13.2 Å². The van der Waals surface area contributed by atoms with Gasteiger partial charge in [-0.3, -0.25) is 0 Å². The minimum atomic E-state index is -6.00. The van der Waals surface area contributed by atoms with Gasteiger partial charge in [-0.05, 0) is 11.1 Å². The Balaban J connectivity index is -0.000000347. The van der Waals surface area contributed by atoms with Crippen LogP contribution >= 0.6 is 0 Å². The number of halogens is 15. The van der Waals surface area contributed by atoms with E-state index in [4.69, 9.17) is 0 Å².